The Morgan fingerprint density at radius 2 is 2.00 bits per heavy atom. The summed E-state index contributed by atoms with van der Waals surface area (Å²) in [6.07, 6.45) is 2.19. The van der Waals surface area contributed by atoms with Gasteiger partial charge in [0.25, 0.3) is 5.91 Å². The zero-order valence-corrected chi connectivity index (χ0v) is 12.6. The molecule has 5 heteroatoms. The van der Waals surface area contributed by atoms with Crippen molar-refractivity contribution >= 4 is 5.91 Å². The second-order valence-electron chi connectivity index (χ2n) is 5.10. The van der Waals surface area contributed by atoms with Gasteiger partial charge in [0, 0.05) is 6.61 Å². The molecule has 2 unspecified atom stereocenters. The van der Waals surface area contributed by atoms with E-state index in [0.717, 1.165) is 25.2 Å². The van der Waals surface area contributed by atoms with Gasteiger partial charge in [0.2, 0.25) is 0 Å². The minimum atomic E-state index is -0.133. The first-order chi connectivity index (χ1) is 10.2. The maximum absolute atomic E-state index is 11.8. The van der Waals surface area contributed by atoms with E-state index in [1.165, 1.54) is 0 Å². The minimum Gasteiger partial charge on any atom is -0.494 e. The van der Waals surface area contributed by atoms with Gasteiger partial charge in [0.05, 0.1) is 18.8 Å². The molecule has 0 aromatic heterocycles. The van der Waals surface area contributed by atoms with Crippen LogP contribution in [0.2, 0.25) is 0 Å². The van der Waals surface area contributed by atoms with Gasteiger partial charge in [-0.05, 0) is 51.0 Å². The summed E-state index contributed by atoms with van der Waals surface area (Å²) >= 11 is 0. The van der Waals surface area contributed by atoms with Gasteiger partial charge in [-0.2, -0.15) is 0 Å². The van der Waals surface area contributed by atoms with Crippen LogP contribution in [0.4, 0.5) is 0 Å². The van der Waals surface area contributed by atoms with E-state index < -0.39 is 0 Å². The summed E-state index contributed by atoms with van der Waals surface area (Å²) in [5.41, 5.74) is 0. The predicted octanol–water partition coefficient (Wildman–Crippen LogP) is 2.15. The monoisotopic (exact) mass is 293 g/mol. The molecule has 1 aliphatic heterocycles. The predicted molar refractivity (Wildman–Crippen MR) is 79.7 cm³/mol. The molecule has 1 aromatic carbocycles. The van der Waals surface area contributed by atoms with Crippen molar-refractivity contribution in [2.24, 2.45) is 0 Å². The van der Waals surface area contributed by atoms with Crippen molar-refractivity contribution in [2.75, 3.05) is 19.8 Å². The van der Waals surface area contributed by atoms with E-state index in [9.17, 15) is 4.79 Å². The topological polar surface area (TPSA) is 56.8 Å². The maximum atomic E-state index is 11.8. The van der Waals surface area contributed by atoms with E-state index in [4.69, 9.17) is 14.2 Å². The van der Waals surface area contributed by atoms with Crippen LogP contribution in [0.15, 0.2) is 24.3 Å². The Morgan fingerprint density at radius 3 is 2.57 bits per heavy atom. The normalized spacial score (nSPS) is 19.0. The van der Waals surface area contributed by atoms with E-state index in [0.29, 0.717) is 12.4 Å². The summed E-state index contributed by atoms with van der Waals surface area (Å²) in [7, 11) is 0. The standard InChI is InChI=1S/C16H23NO4/c1-3-19-13-6-8-14(9-7-13)21-11-16(18)17-12(2)15-5-4-10-20-15/h6-9,12,15H,3-5,10-11H2,1-2H3,(H,17,18). The van der Waals surface area contributed by atoms with E-state index in [-0.39, 0.29) is 24.7 Å². The molecular formula is C16H23NO4. The number of benzene rings is 1. The van der Waals surface area contributed by atoms with E-state index in [2.05, 4.69) is 5.32 Å². The van der Waals surface area contributed by atoms with E-state index in [1.807, 2.05) is 26.0 Å². The van der Waals surface area contributed by atoms with Crippen LogP contribution in [0.3, 0.4) is 0 Å². The quantitative estimate of drug-likeness (QED) is 0.837. The molecule has 0 saturated carbocycles. The highest BCUT2D eigenvalue weighted by molar-refractivity contribution is 5.77. The number of hydrogen-bond acceptors (Lipinski definition) is 4. The van der Waals surface area contributed by atoms with Gasteiger partial charge >= 0.3 is 0 Å². The van der Waals surface area contributed by atoms with Crippen LogP contribution in [0, 0.1) is 0 Å². The summed E-state index contributed by atoms with van der Waals surface area (Å²) in [4.78, 5) is 11.8. The SMILES string of the molecule is CCOc1ccc(OCC(=O)NC(C)C2CCCO2)cc1. The number of rotatable bonds is 7. The molecule has 1 aliphatic rings. The Balaban J connectivity index is 1.72. The summed E-state index contributed by atoms with van der Waals surface area (Å²) < 4.78 is 16.3. The maximum Gasteiger partial charge on any atom is 0.258 e. The Kier molecular flexibility index (Phi) is 5.87. The van der Waals surface area contributed by atoms with Crippen molar-refractivity contribution in [1.82, 2.24) is 5.32 Å². The van der Waals surface area contributed by atoms with Crippen molar-refractivity contribution in [3.8, 4) is 11.5 Å². The van der Waals surface area contributed by atoms with Crippen molar-refractivity contribution in [3.63, 3.8) is 0 Å². The average molecular weight is 293 g/mol. The zero-order chi connectivity index (χ0) is 15.1. The van der Waals surface area contributed by atoms with Crippen LogP contribution in [-0.2, 0) is 9.53 Å². The van der Waals surface area contributed by atoms with E-state index in [1.54, 1.807) is 12.1 Å². The molecule has 0 bridgehead atoms. The zero-order valence-electron chi connectivity index (χ0n) is 12.6. The molecule has 2 atom stereocenters. The summed E-state index contributed by atoms with van der Waals surface area (Å²) in [5, 5.41) is 2.91. The second kappa shape index (κ2) is 7.88. The van der Waals surface area contributed by atoms with Crippen molar-refractivity contribution in [2.45, 2.75) is 38.8 Å². The third-order valence-corrected chi connectivity index (χ3v) is 3.42. The molecule has 1 heterocycles. The van der Waals surface area contributed by atoms with Crippen LogP contribution < -0.4 is 14.8 Å². The molecule has 1 saturated heterocycles. The van der Waals surface area contributed by atoms with Crippen LogP contribution in [0.1, 0.15) is 26.7 Å². The Bertz CT molecular complexity index is 440. The fourth-order valence-electron chi connectivity index (χ4n) is 2.33. The lowest BCUT2D eigenvalue weighted by Gasteiger charge is -2.20. The summed E-state index contributed by atoms with van der Waals surface area (Å²) in [5.74, 6) is 1.31. The van der Waals surface area contributed by atoms with Crippen LogP contribution >= 0.6 is 0 Å². The van der Waals surface area contributed by atoms with Crippen LogP contribution in [-0.4, -0.2) is 37.9 Å². The van der Waals surface area contributed by atoms with Gasteiger partial charge in [-0.25, -0.2) is 0 Å². The Hall–Kier alpha value is -1.75. The third kappa shape index (κ3) is 4.93. The number of carbonyl (C=O) groups is 1. The summed E-state index contributed by atoms with van der Waals surface area (Å²) in [6, 6.07) is 7.25. The largest absolute Gasteiger partial charge is 0.494 e. The molecule has 1 fully saturated rings. The Morgan fingerprint density at radius 1 is 1.33 bits per heavy atom. The molecule has 0 radical (unpaired) electrons. The highest BCUT2D eigenvalue weighted by atomic mass is 16.5. The first-order valence-electron chi connectivity index (χ1n) is 7.45. The lowest BCUT2D eigenvalue weighted by Crippen LogP contribution is -2.42. The highest BCUT2D eigenvalue weighted by Gasteiger charge is 2.23. The minimum absolute atomic E-state index is 0.00500. The number of hydrogen-bond donors (Lipinski definition) is 1. The molecule has 0 aliphatic carbocycles. The Labute approximate surface area is 125 Å². The van der Waals surface area contributed by atoms with Gasteiger partial charge in [-0.1, -0.05) is 0 Å². The number of amides is 1. The molecule has 1 aromatic rings. The van der Waals surface area contributed by atoms with Crippen molar-refractivity contribution in [1.29, 1.82) is 0 Å². The number of ether oxygens (including phenoxy) is 3. The molecule has 21 heavy (non-hydrogen) atoms. The van der Waals surface area contributed by atoms with Crippen LogP contribution in [0.5, 0.6) is 11.5 Å². The van der Waals surface area contributed by atoms with Gasteiger partial charge in [-0.15, -0.1) is 0 Å². The van der Waals surface area contributed by atoms with Gasteiger partial charge in [0.1, 0.15) is 11.5 Å². The van der Waals surface area contributed by atoms with Crippen molar-refractivity contribution < 1.29 is 19.0 Å². The third-order valence-electron chi connectivity index (χ3n) is 3.42. The fourth-order valence-corrected chi connectivity index (χ4v) is 2.33. The molecule has 1 amide bonds. The van der Waals surface area contributed by atoms with Crippen molar-refractivity contribution in [3.05, 3.63) is 24.3 Å². The average Bonchev–Trinajstić information content (AvgIpc) is 3.01. The molecule has 0 spiro atoms. The molecular weight excluding hydrogens is 270 g/mol. The van der Waals surface area contributed by atoms with Gasteiger partial charge in [0.15, 0.2) is 6.61 Å². The molecule has 5 nitrogen and oxygen atoms in total. The second-order valence-corrected chi connectivity index (χ2v) is 5.10. The first kappa shape index (κ1) is 15.6. The first-order valence-corrected chi connectivity index (χ1v) is 7.45. The molecule has 1 N–H and O–H groups in total. The molecule has 2 rings (SSSR count). The number of nitrogens with one attached hydrogen (secondary N) is 1. The van der Waals surface area contributed by atoms with Gasteiger partial charge in [-0.3, -0.25) is 4.79 Å². The number of carbonyl (C=O) groups excluding carboxylic acids is 1. The summed E-state index contributed by atoms with van der Waals surface area (Å²) in [6.45, 7) is 5.32. The highest BCUT2D eigenvalue weighted by Crippen LogP contribution is 2.18. The van der Waals surface area contributed by atoms with E-state index >= 15 is 0 Å². The molecule has 116 valence electrons. The fraction of sp³-hybridized carbons (Fsp3) is 0.562. The van der Waals surface area contributed by atoms with Gasteiger partial charge < -0.3 is 19.5 Å². The lowest BCUT2D eigenvalue weighted by atomic mass is 10.1. The van der Waals surface area contributed by atoms with Crippen LogP contribution in [0.25, 0.3) is 0 Å². The smallest absolute Gasteiger partial charge is 0.258 e. The lowest BCUT2D eigenvalue weighted by molar-refractivity contribution is -0.124.